The summed E-state index contributed by atoms with van der Waals surface area (Å²) in [5, 5.41) is 0. The van der Waals surface area contributed by atoms with Crippen LogP contribution in [0, 0.1) is 0 Å². The highest BCUT2D eigenvalue weighted by Crippen LogP contribution is 2.26. The minimum atomic E-state index is -4.29. The molecule has 20 heavy (non-hydrogen) atoms. The van der Waals surface area contributed by atoms with Gasteiger partial charge in [0.1, 0.15) is 18.1 Å². The maximum atomic E-state index is 11.8. The molecule has 0 fully saturated rings. The van der Waals surface area contributed by atoms with E-state index in [1.165, 1.54) is 7.11 Å². The molecule has 0 heterocycles. The maximum Gasteiger partial charge on any atom is 0.411 e. The fourth-order valence-electron chi connectivity index (χ4n) is 1.44. The van der Waals surface area contributed by atoms with Crippen molar-refractivity contribution in [3.63, 3.8) is 0 Å². The van der Waals surface area contributed by atoms with Gasteiger partial charge in [-0.2, -0.15) is 13.2 Å². The van der Waals surface area contributed by atoms with Crippen LogP contribution in [0.1, 0.15) is 12.0 Å². The van der Waals surface area contributed by atoms with E-state index in [0.29, 0.717) is 17.9 Å². The van der Waals surface area contributed by atoms with E-state index in [2.05, 4.69) is 4.74 Å². The Bertz CT molecular complexity index is 410. The maximum absolute atomic E-state index is 11.8. The molecule has 0 aliphatic carbocycles. The molecule has 0 N–H and O–H groups in total. The number of rotatable bonds is 8. The van der Waals surface area contributed by atoms with Crippen LogP contribution in [0.25, 0.3) is 0 Å². The number of benzene rings is 1. The summed E-state index contributed by atoms with van der Waals surface area (Å²) in [5.74, 6) is 1.47. The molecule has 0 radical (unpaired) electrons. The first-order chi connectivity index (χ1) is 9.46. The van der Waals surface area contributed by atoms with Gasteiger partial charge < -0.3 is 14.2 Å². The number of hydrogen-bond donors (Lipinski definition) is 0. The zero-order valence-corrected chi connectivity index (χ0v) is 11.8. The molecule has 7 heteroatoms. The summed E-state index contributed by atoms with van der Waals surface area (Å²) in [6, 6.07) is 5.23. The molecule has 0 aliphatic heterocycles. The summed E-state index contributed by atoms with van der Waals surface area (Å²) < 4.78 is 50.5. The zero-order chi connectivity index (χ0) is 15.0. The first kappa shape index (κ1) is 16.9. The van der Waals surface area contributed by atoms with Gasteiger partial charge in [-0.25, -0.2) is 0 Å². The van der Waals surface area contributed by atoms with Gasteiger partial charge in [-0.15, -0.1) is 11.6 Å². The van der Waals surface area contributed by atoms with Gasteiger partial charge in [0.2, 0.25) is 0 Å². The Kier molecular flexibility index (Phi) is 6.95. The molecule has 0 aliphatic rings. The lowest BCUT2D eigenvalue weighted by Gasteiger charge is -2.12. The van der Waals surface area contributed by atoms with Gasteiger partial charge in [0.15, 0.2) is 0 Å². The van der Waals surface area contributed by atoms with Crippen molar-refractivity contribution < 1.29 is 27.4 Å². The summed E-state index contributed by atoms with van der Waals surface area (Å²) in [7, 11) is 1.53. The van der Waals surface area contributed by atoms with Crippen LogP contribution in [-0.4, -0.2) is 33.1 Å². The average molecular weight is 313 g/mol. The molecule has 0 spiro atoms. The Morgan fingerprint density at radius 3 is 2.55 bits per heavy atom. The summed E-state index contributed by atoms with van der Waals surface area (Å²) >= 11 is 5.77. The molecule has 0 amide bonds. The smallest absolute Gasteiger partial charge is 0.411 e. The molecule has 1 rings (SSSR count). The quantitative estimate of drug-likeness (QED) is 0.540. The number of halogens is 4. The Labute approximate surface area is 120 Å². The molecule has 0 unspecified atom stereocenters. The second-order valence-electron chi connectivity index (χ2n) is 3.98. The minimum Gasteiger partial charge on any atom is -0.497 e. The molecular formula is C13H16ClF3O3. The van der Waals surface area contributed by atoms with Gasteiger partial charge in [-0.3, -0.25) is 0 Å². The van der Waals surface area contributed by atoms with E-state index in [9.17, 15) is 13.2 Å². The highest BCUT2D eigenvalue weighted by atomic mass is 35.5. The largest absolute Gasteiger partial charge is 0.497 e. The molecular weight excluding hydrogens is 297 g/mol. The Balaban J connectivity index is 2.34. The van der Waals surface area contributed by atoms with Crippen molar-refractivity contribution in [1.29, 1.82) is 0 Å². The third kappa shape index (κ3) is 6.34. The standard InChI is InChI=1S/C13H16ClF3O3/c1-18-11-4-3-10(8-14)12(7-11)20-6-2-5-19-9-13(15,16)17/h3-4,7H,2,5-6,8-9H2,1H3. The lowest BCUT2D eigenvalue weighted by molar-refractivity contribution is -0.174. The molecule has 0 aromatic heterocycles. The van der Waals surface area contributed by atoms with E-state index >= 15 is 0 Å². The fourth-order valence-corrected chi connectivity index (χ4v) is 1.66. The van der Waals surface area contributed by atoms with Crippen LogP contribution >= 0.6 is 11.6 Å². The number of alkyl halides is 4. The highest BCUT2D eigenvalue weighted by Gasteiger charge is 2.27. The molecule has 3 nitrogen and oxygen atoms in total. The highest BCUT2D eigenvalue weighted by molar-refractivity contribution is 6.17. The van der Waals surface area contributed by atoms with Crippen molar-refractivity contribution in [2.24, 2.45) is 0 Å². The van der Waals surface area contributed by atoms with E-state index in [1.54, 1.807) is 18.2 Å². The van der Waals surface area contributed by atoms with E-state index in [1.807, 2.05) is 0 Å². The second kappa shape index (κ2) is 8.21. The van der Waals surface area contributed by atoms with Crippen LogP contribution in [0.4, 0.5) is 13.2 Å². The Morgan fingerprint density at radius 1 is 1.20 bits per heavy atom. The lowest BCUT2D eigenvalue weighted by Crippen LogP contribution is -2.18. The van der Waals surface area contributed by atoms with E-state index < -0.39 is 12.8 Å². The van der Waals surface area contributed by atoms with Gasteiger partial charge in [-0.1, -0.05) is 6.07 Å². The van der Waals surface area contributed by atoms with Crippen molar-refractivity contribution in [1.82, 2.24) is 0 Å². The summed E-state index contributed by atoms with van der Waals surface area (Å²) in [4.78, 5) is 0. The van der Waals surface area contributed by atoms with Gasteiger partial charge >= 0.3 is 6.18 Å². The van der Waals surface area contributed by atoms with E-state index in [4.69, 9.17) is 21.1 Å². The van der Waals surface area contributed by atoms with Gasteiger partial charge in [0.05, 0.1) is 26.2 Å². The minimum absolute atomic E-state index is 0.0142. The fraction of sp³-hybridized carbons (Fsp3) is 0.538. The van der Waals surface area contributed by atoms with Crippen LogP contribution in [-0.2, 0) is 10.6 Å². The Morgan fingerprint density at radius 2 is 1.95 bits per heavy atom. The monoisotopic (exact) mass is 312 g/mol. The van der Waals surface area contributed by atoms with Gasteiger partial charge in [0.25, 0.3) is 0 Å². The zero-order valence-electron chi connectivity index (χ0n) is 11.0. The molecule has 0 saturated carbocycles. The van der Waals surface area contributed by atoms with Crippen molar-refractivity contribution in [2.45, 2.75) is 18.5 Å². The van der Waals surface area contributed by atoms with Crippen molar-refractivity contribution in [3.05, 3.63) is 23.8 Å². The molecule has 0 bridgehead atoms. The third-order valence-corrected chi connectivity index (χ3v) is 2.66. The molecule has 1 aromatic carbocycles. The van der Waals surface area contributed by atoms with Crippen LogP contribution < -0.4 is 9.47 Å². The van der Waals surface area contributed by atoms with Crippen LogP contribution in [0.5, 0.6) is 11.5 Å². The summed E-state index contributed by atoms with van der Waals surface area (Å²) in [5.41, 5.74) is 0.795. The van der Waals surface area contributed by atoms with Gasteiger partial charge in [-0.05, 0) is 6.07 Å². The Hall–Kier alpha value is -1.14. The normalized spacial score (nSPS) is 11.4. The number of hydrogen-bond acceptors (Lipinski definition) is 3. The van der Waals surface area contributed by atoms with Crippen LogP contribution in [0.2, 0.25) is 0 Å². The summed E-state index contributed by atoms with van der Waals surface area (Å²) in [6.07, 6.45) is -3.94. The number of methoxy groups -OCH3 is 1. The third-order valence-electron chi connectivity index (χ3n) is 2.37. The van der Waals surface area contributed by atoms with Gasteiger partial charge in [0, 0.05) is 18.1 Å². The summed E-state index contributed by atoms with van der Waals surface area (Å²) in [6.45, 7) is -1.01. The van der Waals surface area contributed by atoms with Crippen molar-refractivity contribution >= 4 is 11.6 Å². The van der Waals surface area contributed by atoms with Crippen molar-refractivity contribution in [2.75, 3.05) is 26.9 Å². The molecule has 1 aromatic rings. The van der Waals surface area contributed by atoms with E-state index in [-0.39, 0.29) is 19.1 Å². The molecule has 0 saturated heterocycles. The first-order valence-electron chi connectivity index (χ1n) is 5.96. The number of ether oxygens (including phenoxy) is 3. The SMILES string of the molecule is COc1ccc(CCl)c(OCCCOCC(F)(F)F)c1. The predicted molar refractivity (Wildman–Crippen MR) is 69.5 cm³/mol. The van der Waals surface area contributed by atoms with Crippen molar-refractivity contribution in [3.8, 4) is 11.5 Å². The topological polar surface area (TPSA) is 27.7 Å². The van der Waals surface area contributed by atoms with E-state index in [0.717, 1.165) is 5.56 Å². The molecule has 114 valence electrons. The van der Waals surface area contributed by atoms with Crippen LogP contribution in [0.15, 0.2) is 18.2 Å². The second-order valence-corrected chi connectivity index (χ2v) is 4.24. The first-order valence-corrected chi connectivity index (χ1v) is 6.50. The lowest BCUT2D eigenvalue weighted by atomic mass is 10.2. The average Bonchev–Trinajstić information content (AvgIpc) is 2.41. The van der Waals surface area contributed by atoms with Crippen LogP contribution in [0.3, 0.4) is 0 Å². The predicted octanol–water partition coefficient (Wildman–Crippen LogP) is 3.78. The molecule has 0 atom stereocenters.